The third-order valence-corrected chi connectivity index (χ3v) is 7.63. The van der Waals surface area contributed by atoms with Gasteiger partial charge in [0.15, 0.2) is 0 Å². The van der Waals surface area contributed by atoms with Gasteiger partial charge in [0.05, 0.1) is 6.04 Å². The van der Waals surface area contributed by atoms with Gasteiger partial charge >= 0.3 is 0 Å². The van der Waals surface area contributed by atoms with Gasteiger partial charge in [0.2, 0.25) is 23.5 Å². The van der Waals surface area contributed by atoms with Crippen molar-refractivity contribution in [3.63, 3.8) is 0 Å². The molecule has 2 aromatic rings. The van der Waals surface area contributed by atoms with Gasteiger partial charge in [-0.3, -0.25) is 14.5 Å². The van der Waals surface area contributed by atoms with E-state index in [-0.39, 0.29) is 23.8 Å². The van der Waals surface area contributed by atoms with Gasteiger partial charge in [0, 0.05) is 56.8 Å². The minimum absolute atomic E-state index is 0.0369. The van der Waals surface area contributed by atoms with Crippen LogP contribution in [-0.2, 0) is 9.59 Å². The molecule has 5 rings (SSSR count). The van der Waals surface area contributed by atoms with Crippen LogP contribution in [0.5, 0.6) is 0 Å². The molecular weight excluding hydrogens is 434 g/mol. The number of pyridine rings is 1. The SMILES string of the molecule is CC(=O)N1CCC(N2CCC[C@H]2c2nc(-c3ccc(N4CCC(C(N)=O)CC4)nc3)no2)CC1. The zero-order chi connectivity index (χ0) is 23.7. The van der Waals surface area contributed by atoms with Gasteiger partial charge in [0.25, 0.3) is 0 Å². The highest BCUT2D eigenvalue weighted by Crippen LogP contribution is 2.36. The lowest BCUT2D eigenvalue weighted by Crippen LogP contribution is -2.46. The van der Waals surface area contributed by atoms with Gasteiger partial charge in [-0.25, -0.2) is 4.98 Å². The molecule has 2 N–H and O–H groups in total. The predicted octanol–water partition coefficient (Wildman–Crippen LogP) is 1.98. The topological polar surface area (TPSA) is 122 Å². The highest BCUT2D eigenvalue weighted by molar-refractivity contribution is 5.77. The first-order valence-electron chi connectivity index (χ1n) is 12.3. The van der Waals surface area contributed by atoms with Crippen molar-refractivity contribution in [2.24, 2.45) is 11.7 Å². The fraction of sp³-hybridized carbons (Fsp3) is 0.625. The molecule has 2 amide bonds. The molecule has 2 aromatic heterocycles. The van der Waals surface area contributed by atoms with Gasteiger partial charge in [-0.1, -0.05) is 5.16 Å². The molecule has 10 nitrogen and oxygen atoms in total. The Morgan fingerprint density at radius 3 is 2.44 bits per heavy atom. The number of rotatable bonds is 5. The average Bonchev–Trinajstić information content (AvgIpc) is 3.54. The molecule has 0 bridgehead atoms. The third kappa shape index (κ3) is 4.64. The van der Waals surface area contributed by atoms with Crippen molar-refractivity contribution >= 4 is 17.6 Å². The number of hydrogen-bond acceptors (Lipinski definition) is 8. The van der Waals surface area contributed by atoms with Crippen LogP contribution >= 0.6 is 0 Å². The van der Waals surface area contributed by atoms with E-state index in [1.807, 2.05) is 17.0 Å². The third-order valence-electron chi connectivity index (χ3n) is 7.63. The van der Waals surface area contributed by atoms with Crippen molar-refractivity contribution in [2.45, 2.75) is 57.5 Å². The number of carbonyl (C=O) groups excluding carboxylic acids is 2. The number of hydrogen-bond donors (Lipinski definition) is 1. The summed E-state index contributed by atoms with van der Waals surface area (Å²) in [6.45, 7) is 5.85. The smallest absolute Gasteiger partial charge is 0.244 e. The van der Waals surface area contributed by atoms with E-state index in [4.69, 9.17) is 15.2 Å². The van der Waals surface area contributed by atoms with Crippen LogP contribution in [0.2, 0.25) is 0 Å². The van der Waals surface area contributed by atoms with Gasteiger partial charge in [-0.15, -0.1) is 0 Å². The second-order valence-electron chi connectivity index (χ2n) is 9.66. The zero-order valence-corrected chi connectivity index (χ0v) is 19.7. The molecule has 10 heteroatoms. The molecule has 0 saturated carbocycles. The number of anilines is 1. The van der Waals surface area contributed by atoms with Gasteiger partial charge in [-0.05, 0) is 57.2 Å². The van der Waals surface area contributed by atoms with E-state index in [1.54, 1.807) is 13.1 Å². The van der Waals surface area contributed by atoms with E-state index in [9.17, 15) is 9.59 Å². The van der Waals surface area contributed by atoms with E-state index in [0.717, 1.165) is 82.6 Å². The second-order valence-corrected chi connectivity index (χ2v) is 9.66. The number of carbonyl (C=O) groups is 2. The van der Waals surface area contributed by atoms with Gasteiger partial charge in [0.1, 0.15) is 5.82 Å². The summed E-state index contributed by atoms with van der Waals surface area (Å²) in [5, 5.41) is 4.25. The molecular formula is C24H33N7O3. The maximum absolute atomic E-state index is 11.7. The summed E-state index contributed by atoms with van der Waals surface area (Å²) in [7, 11) is 0. The first-order chi connectivity index (χ1) is 16.5. The van der Waals surface area contributed by atoms with Crippen molar-refractivity contribution in [2.75, 3.05) is 37.6 Å². The Hall–Kier alpha value is -3.01. The standard InChI is InChI=1S/C24H33N7O3/c1-16(32)29-13-8-19(9-14-29)31-10-2-3-20(31)24-27-23(28-34-24)18-4-5-21(26-15-18)30-11-6-17(7-12-30)22(25)33/h4-5,15,17,19-20H,2-3,6-14H2,1H3,(H2,25,33)/t20-/m0/s1. The van der Waals surface area contributed by atoms with Crippen LogP contribution in [0.4, 0.5) is 5.82 Å². The molecule has 0 spiro atoms. The lowest BCUT2D eigenvalue weighted by molar-refractivity contribution is -0.130. The second kappa shape index (κ2) is 9.69. The average molecular weight is 468 g/mol. The van der Waals surface area contributed by atoms with Gasteiger partial charge in [-0.2, -0.15) is 4.98 Å². The van der Waals surface area contributed by atoms with E-state index in [1.165, 1.54) is 0 Å². The summed E-state index contributed by atoms with van der Waals surface area (Å²) in [6.07, 6.45) is 7.40. The molecule has 182 valence electrons. The Morgan fingerprint density at radius 1 is 1.03 bits per heavy atom. The lowest BCUT2D eigenvalue weighted by atomic mass is 9.96. The fourth-order valence-corrected chi connectivity index (χ4v) is 5.59. The fourth-order valence-electron chi connectivity index (χ4n) is 5.59. The first-order valence-corrected chi connectivity index (χ1v) is 12.3. The Bertz CT molecular complexity index is 1010. The summed E-state index contributed by atoms with van der Waals surface area (Å²) < 4.78 is 5.71. The highest BCUT2D eigenvalue weighted by atomic mass is 16.5. The Labute approximate surface area is 199 Å². The molecule has 0 unspecified atom stereocenters. The van der Waals surface area contributed by atoms with Crippen molar-refractivity contribution in [1.82, 2.24) is 24.9 Å². The molecule has 34 heavy (non-hydrogen) atoms. The normalized spacial score (nSPS) is 22.9. The number of piperidine rings is 2. The predicted molar refractivity (Wildman–Crippen MR) is 126 cm³/mol. The monoisotopic (exact) mass is 467 g/mol. The van der Waals surface area contributed by atoms with Crippen molar-refractivity contribution in [1.29, 1.82) is 0 Å². The van der Waals surface area contributed by atoms with Crippen molar-refractivity contribution < 1.29 is 14.1 Å². The molecule has 1 atom stereocenters. The zero-order valence-electron chi connectivity index (χ0n) is 19.7. The molecule has 3 aliphatic rings. The van der Waals surface area contributed by atoms with Crippen molar-refractivity contribution in [3.8, 4) is 11.4 Å². The van der Waals surface area contributed by atoms with E-state index in [2.05, 4.69) is 19.9 Å². The largest absolute Gasteiger partial charge is 0.369 e. The number of primary amides is 1. The number of nitrogens with zero attached hydrogens (tertiary/aromatic N) is 6. The van der Waals surface area contributed by atoms with Crippen LogP contribution < -0.4 is 10.6 Å². The molecule has 0 radical (unpaired) electrons. The summed E-state index contributed by atoms with van der Waals surface area (Å²) in [5.41, 5.74) is 6.26. The minimum atomic E-state index is -0.210. The minimum Gasteiger partial charge on any atom is -0.369 e. The van der Waals surface area contributed by atoms with Crippen LogP contribution in [0, 0.1) is 5.92 Å². The summed E-state index contributed by atoms with van der Waals surface area (Å²) in [5.74, 6) is 2.02. The Kier molecular flexibility index (Phi) is 6.49. The van der Waals surface area contributed by atoms with Crippen LogP contribution in [0.1, 0.15) is 57.4 Å². The first kappa shape index (κ1) is 22.8. The Balaban J connectivity index is 1.22. The maximum atomic E-state index is 11.7. The summed E-state index contributed by atoms with van der Waals surface area (Å²) >= 11 is 0. The van der Waals surface area contributed by atoms with E-state index >= 15 is 0 Å². The maximum Gasteiger partial charge on any atom is 0.244 e. The van der Waals surface area contributed by atoms with Crippen molar-refractivity contribution in [3.05, 3.63) is 24.2 Å². The van der Waals surface area contributed by atoms with Crippen LogP contribution in [0.3, 0.4) is 0 Å². The summed E-state index contributed by atoms with van der Waals surface area (Å²) in [4.78, 5) is 39.0. The number of nitrogens with two attached hydrogens (primary N) is 1. The highest BCUT2D eigenvalue weighted by Gasteiger charge is 2.37. The molecule has 3 saturated heterocycles. The molecule has 0 aromatic carbocycles. The molecule has 5 heterocycles. The number of amides is 2. The van der Waals surface area contributed by atoms with Crippen LogP contribution in [-0.4, -0.2) is 75.5 Å². The lowest BCUT2D eigenvalue weighted by Gasteiger charge is -2.38. The van der Waals surface area contributed by atoms with Crippen LogP contribution in [0.15, 0.2) is 22.9 Å². The number of aromatic nitrogens is 3. The Morgan fingerprint density at radius 2 is 1.79 bits per heavy atom. The summed E-state index contributed by atoms with van der Waals surface area (Å²) in [6, 6.07) is 4.52. The van der Waals surface area contributed by atoms with Crippen LogP contribution in [0.25, 0.3) is 11.4 Å². The molecule has 3 fully saturated rings. The van der Waals surface area contributed by atoms with E-state index < -0.39 is 0 Å². The van der Waals surface area contributed by atoms with E-state index in [0.29, 0.717) is 17.8 Å². The number of likely N-dealkylation sites (tertiary alicyclic amines) is 2. The quantitative estimate of drug-likeness (QED) is 0.708. The molecule has 0 aliphatic carbocycles. The molecule has 3 aliphatic heterocycles. The van der Waals surface area contributed by atoms with Gasteiger partial charge < -0.3 is 20.1 Å².